The zero-order chi connectivity index (χ0) is 12.4. The van der Waals surface area contributed by atoms with Crippen molar-refractivity contribution in [1.29, 1.82) is 0 Å². The van der Waals surface area contributed by atoms with E-state index in [1.165, 1.54) is 0 Å². The van der Waals surface area contributed by atoms with Crippen molar-refractivity contribution >= 4 is 27.5 Å². The molecule has 0 bridgehead atoms. The monoisotopic (exact) mass is 294 g/mol. The second-order valence-electron chi connectivity index (χ2n) is 3.74. The lowest BCUT2D eigenvalue weighted by Crippen LogP contribution is -2.25. The maximum Gasteiger partial charge on any atom is 0.228 e. The molecule has 2 rings (SSSR count). The van der Waals surface area contributed by atoms with Gasteiger partial charge in [0.2, 0.25) is 11.8 Å². The first-order chi connectivity index (χ1) is 8.15. The van der Waals surface area contributed by atoms with Crippen LogP contribution in [0.15, 0.2) is 16.7 Å². The van der Waals surface area contributed by atoms with Crippen LogP contribution in [0.1, 0.15) is 6.42 Å². The average molecular weight is 295 g/mol. The molecule has 1 aliphatic rings. The van der Waals surface area contributed by atoms with Gasteiger partial charge in [0.25, 0.3) is 0 Å². The smallest absolute Gasteiger partial charge is 0.228 e. The van der Waals surface area contributed by atoms with E-state index in [0.29, 0.717) is 23.4 Å². The van der Waals surface area contributed by atoms with E-state index in [1.807, 2.05) is 0 Å². The van der Waals surface area contributed by atoms with Crippen LogP contribution in [0, 0.1) is 18.3 Å². The number of rotatable bonds is 2. The second-order valence-corrected chi connectivity index (χ2v) is 4.49. The Morgan fingerprint density at radius 2 is 2.41 bits per heavy atom. The summed E-state index contributed by atoms with van der Waals surface area (Å²) in [4.78, 5) is 17.6. The predicted molar refractivity (Wildman–Crippen MR) is 67.8 cm³/mol. The lowest BCUT2D eigenvalue weighted by atomic mass is 10.1. The third-order valence-corrected chi connectivity index (χ3v) is 3.25. The normalized spacial score (nSPS) is 19.2. The van der Waals surface area contributed by atoms with Crippen LogP contribution in [0.4, 0.5) is 5.69 Å². The van der Waals surface area contributed by atoms with Gasteiger partial charge in [-0.25, -0.2) is 4.98 Å². The van der Waals surface area contributed by atoms with Crippen LogP contribution in [0.5, 0.6) is 5.88 Å². The van der Waals surface area contributed by atoms with Crippen molar-refractivity contribution in [2.24, 2.45) is 5.92 Å². The van der Waals surface area contributed by atoms with Crippen LogP contribution >= 0.6 is 15.9 Å². The fourth-order valence-electron chi connectivity index (χ4n) is 1.78. The second kappa shape index (κ2) is 4.76. The highest BCUT2D eigenvalue weighted by molar-refractivity contribution is 9.10. The van der Waals surface area contributed by atoms with E-state index in [2.05, 4.69) is 26.8 Å². The van der Waals surface area contributed by atoms with Crippen LogP contribution in [0.25, 0.3) is 0 Å². The van der Waals surface area contributed by atoms with Crippen molar-refractivity contribution in [2.45, 2.75) is 6.42 Å². The molecule has 1 saturated heterocycles. The molecule has 88 valence electrons. The summed E-state index contributed by atoms with van der Waals surface area (Å²) in [5.74, 6) is 3.13. The number of halogens is 1. The molecular weight excluding hydrogens is 284 g/mol. The topological polar surface area (TPSA) is 42.4 Å². The van der Waals surface area contributed by atoms with Crippen molar-refractivity contribution in [3.05, 3.63) is 16.7 Å². The van der Waals surface area contributed by atoms with Crippen molar-refractivity contribution in [3.8, 4) is 18.2 Å². The molecule has 2 heterocycles. The maximum atomic E-state index is 11.8. The van der Waals surface area contributed by atoms with E-state index in [-0.39, 0.29) is 11.8 Å². The highest BCUT2D eigenvalue weighted by Crippen LogP contribution is 2.31. The lowest BCUT2D eigenvalue weighted by molar-refractivity contribution is -0.117. The van der Waals surface area contributed by atoms with E-state index in [4.69, 9.17) is 11.2 Å². The number of anilines is 1. The van der Waals surface area contributed by atoms with E-state index in [9.17, 15) is 4.79 Å². The van der Waals surface area contributed by atoms with Gasteiger partial charge in [0.05, 0.1) is 12.8 Å². The minimum absolute atomic E-state index is 0.0171. The molecule has 1 unspecified atom stereocenters. The molecule has 0 spiro atoms. The highest BCUT2D eigenvalue weighted by atomic mass is 79.9. The van der Waals surface area contributed by atoms with Gasteiger partial charge < -0.3 is 9.64 Å². The largest absolute Gasteiger partial charge is 0.481 e. The molecule has 17 heavy (non-hydrogen) atoms. The first-order valence-electron chi connectivity index (χ1n) is 5.12. The van der Waals surface area contributed by atoms with Crippen LogP contribution in [0.2, 0.25) is 0 Å². The quantitative estimate of drug-likeness (QED) is 0.617. The Balaban J connectivity index is 2.29. The van der Waals surface area contributed by atoms with Gasteiger partial charge in [0.15, 0.2) is 0 Å². The number of hydrogen-bond acceptors (Lipinski definition) is 3. The van der Waals surface area contributed by atoms with Gasteiger partial charge in [-0.15, -0.1) is 12.3 Å². The van der Waals surface area contributed by atoms with Gasteiger partial charge in [-0.3, -0.25) is 4.79 Å². The van der Waals surface area contributed by atoms with Gasteiger partial charge >= 0.3 is 0 Å². The summed E-state index contributed by atoms with van der Waals surface area (Å²) >= 11 is 3.33. The third kappa shape index (κ3) is 2.27. The summed E-state index contributed by atoms with van der Waals surface area (Å²) in [6.45, 7) is 0.544. The number of carbonyl (C=O) groups is 1. The molecule has 4 nitrogen and oxygen atoms in total. The highest BCUT2D eigenvalue weighted by Gasteiger charge is 2.30. The standard InChI is InChI=1S/C12H11BrN2O2/c1-3-8-6-11(16)15(7-8)9-4-5-10(17-2)14-12(9)13/h1,4-5,8H,6-7H2,2H3. The Kier molecular flexibility index (Phi) is 3.34. The van der Waals surface area contributed by atoms with Crippen molar-refractivity contribution in [3.63, 3.8) is 0 Å². The number of carbonyl (C=O) groups excluding carboxylic acids is 1. The summed E-state index contributed by atoms with van der Waals surface area (Å²) in [7, 11) is 1.55. The minimum Gasteiger partial charge on any atom is -0.481 e. The Bertz CT molecular complexity index is 496. The number of pyridine rings is 1. The zero-order valence-electron chi connectivity index (χ0n) is 9.31. The van der Waals surface area contributed by atoms with Crippen LogP contribution in [-0.2, 0) is 4.79 Å². The fraction of sp³-hybridized carbons (Fsp3) is 0.333. The molecule has 0 saturated carbocycles. The van der Waals surface area contributed by atoms with E-state index < -0.39 is 0 Å². The van der Waals surface area contributed by atoms with Crippen LogP contribution < -0.4 is 9.64 Å². The van der Waals surface area contributed by atoms with Crippen molar-refractivity contribution in [1.82, 2.24) is 4.98 Å². The Morgan fingerprint density at radius 1 is 1.65 bits per heavy atom. The Labute approximate surface area is 108 Å². The van der Waals surface area contributed by atoms with E-state index in [1.54, 1.807) is 24.1 Å². The lowest BCUT2D eigenvalue weighted by Gasteiger charge is -2.17. The fourth-order valence-corrected chi connectivity index (χ4v) is 2.30. The van der Waals surface area contributed by atoms with Crippen LogP contribution in [0.3, 0.4) is 0 Å². The van der Waals surface area contributed by atoms with Crippen molar-refractivity contribution < 1.29 is 9.53 Å². The number of methoxy groups -OCH3 is 1. The molecular formula is C12H11BrN2O2. The van der Waals surface area contributed by atoms with E-state index in [0.717, 1.165) is 5.69 Å². The Morgan fingerprint density at radius 3 is 2.94 bits per heavy atom. The molecule has 5 heteroatoms. The molecule has 0 radical (unpaired) electrons. The van der Waals surface area contributed by atoms with Crippen LogP contribution in [-0.4, -0.2) is 24.5 Å². The molecule has 0 N–H and O–H groups in total. The number of terminal acetylenes is 1. The summed E-state index contributed by atoms with van der Waals surface area (Å²) < 4.78 is 5.59. The average Bonchev–Trinajstić information content (AvgIpc) is 2.70. The summed E-state index contributed by atoms with van der Waals surface area (Å²) in [6.07, 6.45) is 5.74. The molecule has 1 aromatic heterocycles. The number of ether oxygens (including phenoxy) is 1. The van der Waals surface area contributed by atoms with E-state index >= 15 is 0 Å². The SMILES string of the molecule is C#CC1CC(=O)N(c2ccc(OC)nc2Br)C1. The number of nitrogens with zero attached hydrogens (tertiary/aromatic N) is 2. The van der Waals surface area contributed by atoms with Gasteiger partial charge in [-0.2, -0.15) is 0 Å². The third-order valence-electron chi connectivity index (χ3n) is 2.66. The zero-order valence-corrected chi connectivity index (χ0v) is 10.9. The summed E-state index contributed by atoms with van der Waals surface area (Å²) in [6, 6.07) is 3.52. The molecule has 1 amide bonds. The van der Waals surface area contributed by atoms with Gasteiger partial charge in [-0.1, -0.05) is 0 Å². The first-order valence-corrected chi connectivity index (χ1v) is 5.92. The maximum absolute atomic E-state index is 11.8. The van der Waals surface area contributed by atoms with Crippen molar-refractivity contribution in [2.75, 3.05) is 18.6 Å². The van der Waals surface area contributed by atoms with Gasteiger partial charge in [0.1, 0.15) is 4.60 Å². The number of aromatic nitrogens is 1. The summed E-state index contributed by atoms with van der Waals surface area (Å²) in [5.41, 5.74) is 0.730. The summed E-state index contributed by atoms with van der Waals surface area (Å²) in [5, 5.41) is 0. The molecule has 1 fully saturated rings. The van der Waals surface area contributed by atoms with Gasteiger partial charge in [-0.05, 0) is 22.0 Å². The number of hydrogen-bond donors (Lipinski definition) is 0. The molecule has 1 aromatic rings. The predicted octanol–water partition coefficient (Wildman–Crippen LogP) is 1.84. The van der Waals surface area contributed by atoms with Gasteiger partial charge in [0, 0.05) is 24.9 Å². The first kappa shape index (κ1) is 11.9. The molecule has 1 atom stereocenters. The Hall–Kier alpha value is -1.54. The molecule has 0 aromatic carbocycles. The molecule has 1 aliphatic heterocycles. The minimum atomic E-state index is -0.0171. The molecule has 0 aliphatic carbocycles. The number of amides is 1.